The van der Waals surface area contributed by atoms with Gasteiger partial charge in [-0.05, 0) is 44.2 Å². The van der Waals surface area contributed by atoms with E-state index < -0.39 is 0 Å². The molecule has 0 radical (unpaired) electrons. The van der Waals surface area contributed by atoms with E-state index in [9.17, 15) is 0 Å². The zero-order valence-electron chi connectivity index (χ0n) is 9.60. The van der Waals surface area contributed by atoms with Gasteiger partial charge >= 0.3 is 0 Å². The minimum Gasteiger partial charge on any atom is -0.317 e. The van der Waals surface area contributed by atoms with Crippen LogP contribution in [0, 0.1) is 5.41 Å². The average molecular weight is 209 g/mol. The van der Waals surface area contributed by atoms with Crippen LogP contribution in [-0.4, -0.2) is 50.2 Å². The van der Waals surface area contributed by atoms with Crippen LogP contribution < -0.4 is 10.6 Å². The van der Waals surface area contributed by atoms with Gasteiger partial charge in [-0.25, -0.2) is 0 Å². The molecular formula is C12H23N3. The second-order valence-corrected chi connectivity index (χ2v) is 5.60. The number of piperidine rings is 1. The summed E-state index contributed by atoms with van der Waals surface area (Å²) in [6.07, 6.45) is 5.81. The molecule has 1 aliphatic carbocycles. The molecule has 15 heavy (non-hydrogen) atoms. The quantitative estimate of drug-likeness (QED) is 0.655. The highest BCUT2D eigenvalue weighted by molar-refractivity contribution is 5.01. The Bertz CT molecular complexity index is 209. The Kier molecular flexibility index (Phi) is 2.71. The summed E-state index contributed by atoms with van der Waals surface area (Å²) < 4.78 is 0. The number of nitrogens with one attached hydrogen (secondary N) is 2. The van der Waals surface area contributed by atoms with E-state index in [1.165, 1.54) is 65.0 Å². The van der Waals surface area contributed by atoms with Gasteiger partial charge in [-0.2, -0.15) is 0 Å². The Morgan fingerprint density at radius 3 is 2.13 bits per heavy atom. The van der Waals surface area contributed by atoms with E-state index in [2.05, 4.69) is 15.5 Å². The first-order chi connectivity index (χ1) is 7.38. The molecule has 0 aromatic rings. The molecular weight excluding hydrogens is 186 g/mol. The van der Waals surface area contributed by atoms with E-state index in [0.717, 1.165) is 11.5 Å². The lowest BCUT2D eigenvalue weighted by molar-refractivity contribution is -0.0246. The third kappa shape index (κ3) is 1.93. The van der Waals surface area contributed by atoms with Crippen molar-refractivity contribution in [3.8, 4) is 0 Å². The summed E-state index contributed by atoms with van der Waals surface area (Å²) in [5.41, 5.74) is 0.751. The summed E-state index contributed by atoms with van der Waals surface area (Å²) in [5, 5.41) is 6.92. The molecule has 0 aromatic heterocycles. The Morgan fingerprint density at radius 2 is 1.47 bits per heavy atom. The van der Waals surface area contributed by atoms with Gasteiger partial charge in [0.25, 0.3) is 0 Å². The first-order valence-corrected chi connectivity index (χ1v) is 6.54. The fraction of sp³-hybridized carbons (Fsp3) is 1.00. The molecule has 3 rings (SSSR count). The van der Waals surface area contributed by atoms with Crippen molar-refractivity contribution in [3.63, 3.8) is 0 Å². The molecule has 3 heteroatoms. The predicted octanol–water partition coefficient (Wildman–Crippen LogP) is 0.424. The Labute approximate surface area is 92.6 Å². The molecule has 0 amide bonds. The molecule has 2 aliphatic heterocycles. The van der Waals surface area contributed by atoms with Crippen molar-refractivity contribution in [2.45, 2.75) is 31.7 Å². The lowest BCUT2D eigenvalue weighted by Crippen LogP contribution is -2.58. The van der Waals surface area contributed by atoms with Crippen LogP contribution in [0.1, 0.15) is 25.7 Å². The normalized spacial score (nSPS) is 32.8. The maximum atomic E-state index is 3.48. The molecule has 0 aromatic carbocycles. The van der Waals surface area contributed by atoms with Gasteiger partial charge in [0.05, 0.1) is 0 Å². The summed E-state index contributed by atoms with van der Waals surface area (Å²) in [6, 6.07) is 0.921. The number of nitrogens with zero attached hydrogens (tertiary/aromatic N) is 1. The van der Waals surface area contributed by atoms with Gasteiger partial charge in [-0.15, -0.1) is 0 Å². The monoisotopic (exact) mass is 209 g/mol. The fourth-order valence-electron chi connectivity index (χ4n) is 3.61. The van der Waals surface area contributed by atoms with Gasteiger partial charge in [0, 0.05) is 32.2 Å². The number of rotatable bonds is 1. The Morgan fingerprint density at radius 1 is 0.867 bits per heavy atom. The second-order valence-electron chi connectivity index (χ2n) is 5.60. The Hall–Kier alpha value is -0.120. The number of hydrogen-bond donors (Lipinski definition) is 2. The van der Waals surface area contributed by atoms with Crippen LogP contribution in [0.25, 0.3) is 0 Å². The van der Waals surface area contributed by atoms with Crippen LogP contribution in [0.2, 0.25) is 0 Å². The first kappa shape index (κ1) is 10.1. The Balaban J connectivity index is 1.51. The van der Waals surface area contributed by atoms with Crippen LogP contribution in [0.3, 0.4) is 0 Å². The van der Waals surface area contributed by atoms with Gasteiger partial charge in [0.2, 0.25) is 0 Å². The fourth-order valence-corrected chi connectivity index (χ4v) is 3.61. The molecule has 3 aliphatic rings. The molecule has 2 N–H and O–H groups in total. The van der Waals surface area contributed by atoms with Crippen molar-refractivity contribution in [1.29, 1.82) is 0 Å². The topological polar surface area (TPSA) is 27.3 Å². The van der Waals surface area contributed by atoms with E-state index >= 15 is 0 Å². The van der Waals surface area contributed by atoms with Crippen LogP contribution in [0.15, 0.2) is 0 Å². The van der Waals surface area contributed by atoms with Crippen molar-refractivity contribution in [3.05, 3.63) is 0 Å². The van der Waals surface area contributed by atoms with Crippen molar-refractivity contribution >= 4 is 0 Å². The molecule has 3 nitrogen and oxygen atoms in total. The van der Waals surface area contributed by atoms with Crippen molar-refractivity contribution in [2.75, 3.05) is 39.3 Å². The summed E-state index contributed by atoms with van der Waals surface area (Å²) >= 11 is 0. The van der Waals surface area contributed by atoms with Gasteiger partial charge in [-0.1, -0.05) is 0 Å². The molecule has 2 heterocycles. The van der Waals surface area contributed by atoms with Crippen LogP contribution >= 0.6 is 0 Å². The molecule has 3 fully saturated rings. The van der Waals surface area contributed by atoms with Gasteiger partial charge in [-0.3, -0.25) is 4.90 Å². The smallest absolute Gasteiger partial charge is 0.0110 e. The summed E-state index contributed by atoms with van der Waals surface area (Å²) in [7, 11) is 0. The highest BCUT2D eigenvalue weighted by atomic mass is 15.2. The molecule has 86 valence electrons. The maximum Gasteiger partial charge on any atom is 0.0110 e. The summed E-state index contributed by atoms with van der Waals surface area (Å²) in [5.74, 6) is 0. The minimum atomic E-state index is 0.751. The third-order valence-corrected chi connectivity index (χ3v) is 4.67. The molecule has 1 spiro atoms. The van der Waals surface area contributed by atoms with Gasteiger partial charge in [0.15, 0.2) is 0 Å². The molecule has 0 bridgehead atoms. The summed E-state index contributed by atoms with van der Waals surface area (Å²) in [4.78, 5) is 2.71. The van der Waals surface area contributed by atoms with Gasteiger partial charge < -0.3 is 10.6 Å². The molecule has 0 atom stereocenters. The largest absolute Gasteiger partial charge is 0.317 e. The average Bonchev–Trinajstić information content (AvgIpc) is 2.28. The maximum absolute atomic E-state index is 3.48. The summed E-state index contributed by atoms with van der Waals surface area (Å²) in [6.45, 7) is 7.47. The highest BCUT2D eigenvalue weighted by Crippen LogP contribution is 2.49. The van der Waals surface area contributed by atoms with Crippen molar-refractivity contribution < 1.29 is 0 Å². The standard InChI is InChI=1S/C12H23N3/c1-3-13-4-2-12(1)9-11(10-12)15-7-5-14-6-8-15/h11,13-14H,1-10H2. The molecule has 0 unspecified atom stereocenters. The van der Waals surface area contributed by atoms with E-state index in [4.69, 9.17) is 0 Å². The van der Waals surface area contributed by atoms with Crippen LogP contribution in [0.5, 0.6) is 0 Å². The van der Waals surface area contributed by atoms with E-state index in [-0.39, 0.29) is 0 Å². The second kappa shape index (κ2) is 4.04. The first-order valence-electron chi connectivity index (χ1n) is 6.54. The SMILES string of the molecule is C1CN(C2CC3(CCNCC3)C2)CCN1. The zero-order chi connectivity index (χ0) is 10.1. The number of hydrogen-bond acceptors (Lipinski definition) is 3. The van der Waals surface area contributed by atoms with E-state index in [1.807, 2.05) is 0 Å². The van der Waals surface area contributed by atoms with Crippen molar-refractivity contribution in [1.82, 2.24) is 15.5 Å². The van der Waals surface area contributed by atoms with Crippen LogP contribution in [0.4, 0.5) is 0 Å². The van der Waals surface area contributed by atoms with E-state index in [1.54, 1.807) is 0 Å². The zero-order valence-corrected chi connectivity index (χ0v) is 9.60. The van der Waals surface area contributed by atoms with E-state index in [0.29, 0.717) is 0 Å². The van der Waals surface area contributed by atoms with Crippen LogP contribution in [-0.2, 0) is 0 Å². The lowest BCUT2D eigenvalue weighted by atomic mass is 9.60. The number of piperazine rings is 1. The highest BCUT2D eigenvalue weighted by Gasteiger charge is 2.46. The predicted molar refractivity (Wildman–Crippen MR) is 62.0 cm³/mol. The van der Waals surface area contributed by atoms with Crippen molar-refractivity contribution in [2.24, 2.45) is 5.41 Å². The lowest BCUT2D eigenvalue weighted by Gasteiger charge is -2.54. The molecule has 1 saturated carbocycles. The van der Waals surface area contributed by atoms with Gasteiger partial charge in [0.1, 0.15) is 0 Å². The minimum absolute atomic E-state index is 0.751. The third-order valence-electron chi connectivity index (χ3n) is 4.67. The molecule has 2 saturated heterocycles.